The van der Waals surface area contributed by atoms with Crippen LogP contribution in [0.25, 0.3) is 0 Å². The monoisotopic (exact) mass is 191 g/mol. The first-order chi connectivity index (χ1) is 6.72. The lowest BCUT2D eigenvalue weighted by Gasteiger charge is -2.12. The Morgan fingerprint density at radius 3 is 2.57 bits per heavy atom. The highest BCUT2D eigenvalue weighted by Gasteiger charge is 2.28. The fourth-order valence-electron chi connectivity index (χ4n) is 1.75. The van der Waals surface area contributed by atoms with E-state index in [0.29, 0.717) is 11.8 Å². The first-order valence-electron chi connectivity index (χ1n) is 5.27. The standard InChI is InChI=1S/C12H17NO/c1-8(2)10-6-7-11(14-3)13-12(10)9-4-5-9/h6-9H,4-5H2,1-3H3. The van der Waals surface area contributed by atoms with Gasteiger partial charge >= 0.3 is 0 Å². The minimum Gasteiger partial charge on any atom is -0.481 e. The van der Waals surface area contributed by atoms with Crippen LogP contribution >= 0.6 is 0 Å². The van der Waals surface area contributed by atoms with Crippen molar-refractivity contribution in [3.05, 3.63) is 23.4 Å². The Balaban J connectivity index is 2.38. The average Bonchev–Trinajstić information content (AvgIpc) is 3.00. The van der Waals surface area contributed by atoms with Crippen LogP contribution in [-0.2, 0) is 0 Å². The summed E-state index contributed by atoms with van der Waals surface area (Å²) in [5, 5.41) is 0. The lowest BCUT2D eigenvalue weighted by atomic mass is 9.99. The summed E-state index contributed by atoms with van der Waals surface area (Å²) in [7, 11) is 1.67. The molecule has 0 radical (unpaired) electrons. The molecule has 0 N–H and O–H groups in total. The summed E-state index contributed by atoms with van der Waals surface area (Å²) >= 11 is 0. The van der Waals surface area contributed by atoms with Gasteiger partial charge in [-0.05, 0) is 24.3 Å². The fraction of sp³-hybridized carbons (Fsp3) is 0.583. The molecule has 0 aliphatic heterocycles. The second-order valence-electron chi connectivity index (χ2n) is 4.26. The summed E-state index contributed by atoms with van der Waals surface area (Å²) in [6, 6.07) is 4.12. The molecule has 0 atom stereocenters. The van der Waals surface area contributed by atoms with Crippen molar-refractivity contribution in [3.8, 4) is 5.88 Å². The molecule has 0 spiro atoms. The van der Waals surface area contributed by atoms with Gasteiger partial charge in [-0.1, -0.05) is 19.9 Å². The summed E-state index contributed by atoms with van der Waals surface area (Å²) in [4.78, 5) is 4.55. The van der Waals surface area contributed by atoms with E-state index in [-0.39, 0.29) is 0 Å². The molecule has 1 aromatic rings. The van der Waals surface area contributed by atoms with E-state index in [1.54, 1.807) is 7.11 Å². The molecule has 0 saturated heterocycles. The third-order valence-electron chi connectivity index (χ3n) is 2.73. The molecular weight excluding hydrogens is 174 g/mol. The van der Waals surface area contributed by atoms with Gasteiger partial charge in [0.2, 0.25) is 5.88 Å². The van der Waals surface area contributed by atoms with Crippen LogP contribution in [0.5, 0.6) is 5.88 Å². The Labute approximate surface area is 85.3 Å². The number of pyridine rings is 1. The molecule has 2 heteroatoms. The van der Waals surface area contributed by atoms with Crippen LogP contribution in [0.2, 0.25) is 0 Å². The van der Waals surface area contributed by atoms with E-state index < -0.39 is 0 Å². The van der Waals surface area contributed by atoms with Gasteiger partial charge < -0.3 is 4.74 Å². The predicted octanol–water partition coefficient (Wildman–Crippen LogP) is 3.09. The van der Waals surface area contributed by atoms with Crippen molar-refractivity contribution in [2.75, 3.05) is 7.11 Å². The number of aromatic nitrogens is 1. The molecule has 2 nitrogen and oxygen atoms in total. The van der Waals surface area contributed by atoms with Gasteiger partial charge in [-0.15, -0.1) is 0 Å². The number of hydrogen-bond acceptors (Lipinski definition) is 2. The molecule has 1 aliphatic carbocycles. The van der Waals surface area contributed by atoms with E-state index in [2.05, 4.69) is 24.9 Å². The summed E-state index contributed by atoms with van der Waals surface area (Å²) in [5.74, 6) is 2.00. The van der Waals surface area contributed by atoms with Gasteiger partial charge in [-0.2, -0.15) is 0 Å². The van der Waals surface area contributed by atoms with Gasteiger partial charge in [0.25, 0.3) is 0 Å². The second kappa shape index (κ2) is 3.60. The molecule has 1 fully saturated rings. The van der Waals surface area contributed by atoms with E-state index in [9.17, 15) is 0 Å². The maximum Gasteiger partial charge on any atom is 0.213 e. The van der Waals surface area contributed by atoms with Crippen LogP contribution in [0.4, 0.5) is 0 Å². The Kier molecular flexibility index (Phi) is 2.44. The quantitative estimate of drug-likeness (QED) is 0.732. The molecule has 0 bridgehead atoms. The molecule has 1 heterocycles. The Bertz CT molecular complexity index is 329. The van der Waals surface area contributed by atoms with Gasteiger partial charge in [-0.25, -0.2) is 4.98 Å². The number of ether oxygens (including phenoxy) is 1. The van der Waals surface area contributed by atoms with Crippen molar-refractivity contribution >= 4 is 0 Å². The van der Waals surface area contributed by atoms with Gasteiger partial charge in [-0.3, -0.25) is 0 Å². The van der Waals surface area contributed by atoms with Crippen LogP contribution in [0.3, 0.4) is 0 Å². The summed E-state index contributed by atoms with van der Waals surface area (Å²) in [5.41, 5.74) is 2.65. The molecule has 76 valence electrons. The zero-order valence-electron chi connectivity index (χ0n) is 9.08. The number of rotatable bonds is 3. The molecule has 0 amide bonds. The van der Waals surface area contributed by atoms with Crippen molar-refractivity contribution in [1.29, 1.82) is 0 Å². The average molecular weight is 191 g/mol. The highest BCUT2D eigenvalue weighted by atomic mass is 16.5. The van der Waals surface area contributed by atoms with E-state index >= 15 is 0 Å². The smallest absolute Gasteiger partial charge is 0.213 e. The first kappa shape index (κ1) is 9.50. The zero-order valence-corrected chi connectivity index (χ0v) is 9.08. The van der Waals surface area contributed by atoms with E-state index in [1.165, 1.54) is 24.1 Å². The van der Waals surface area contributed by atoms with Gasteiger partial charge in [0.15, 0.2) is 0 Å². The Hall–Kier alpha value is -1.05. The molecule has 0 unspecified atom stereocenters. The SMILES string of the molecule is COc1ccc(C(C)C)c(C2CC2)n1. The predicted molar refractivity (Wildman–Crippen MR) is 56.9 cm³/mol. The highest BCUT2D eigenvalue weighted by Crippen LogP contribution is 2.42. The molecule has 1 aromatic heterocycles. The third-order valence-corrected chi connectivity index (χ3v) is 2.73. The summed E-state index contributed by atoms with van der Waals surface area (Å²) in [6.07, 6.45) is 2.58. The molecular formula is C12H17NO. The highest BCUT2D eigenvalue weighted by molar-refractivity contribution is 5.33. The Morgan fingerprint density at radius 2 is 2.07 bits per heavy atom. The molecule has 14 heavy (non-hydrogen) atoms. The van der Waals surface area contributed by atoms with Crippen LogP contribution in [0, 0.1) is 0 Å². The summed E-state index contributed by atoms with van der Waals surface area (Å²) < 4.78 is 5.16. The van der Waals surface area contributed by atoms with Gasteiger partial charge in [0.05, 0.1) is 12.8 Å². The normalized spacial score (nSPS) is 16.0. The molecule has 0 aromatic carbocycles. The molecule has 1 saturated carbocycles. The van der Waals surface area contributed by atoms with Crippen molar-refractivity contribution in [3.63, 3.8) is 0 Å². The van der Waals surface area contributed by atoms with Crippen molar-refractivity contribution in [1.82, 2.24) is 4.98 Å². The van der Waals surface area contributed by atoms with Crippen LogP contribution in [-0.4, -0.2) is 12.1 Å². The first-order valence-corrected chi connectivity index (χ1v) is 5.27. The fourth-order valence-corrected chi connectivity index (χ4v) is 1.75. The maximum absolute atomic E-state index is 5.16. The van der Waals surface area contributed by atoms with Crippen LogP contribution in [0.1, 0.15) is 49.8 Å². The third kappa shape index (κ3) is 1.74. The van der Waals surface area contributed by atoms with Crippen molar-refractivity contribution < 1.29 is 4.74 Å². The maximum atomic E-state index is 5.16. The van der Waals surface area contributed by atoms with Crippen molar-refractivity contribution in [2.45, 2.75) is 38.5 Å². The number of nitrogens with zero attached hydrogens (tertiary/aromatic N) is 1. The van der Waals surface area contributed by atoms with Gasteiger partial charge in [0.1, 0.15) is 0 Å². The molecule has 2 rings (SSSR count). The molecule has 1 aliphatic rings. The lowest BCUT2D eigenvalue weighted by molar-refractivity contribution is 0.395. The second-order valence-corrected chi connectivity index (χ2v) is 4.26. The van der Waals surface area contributed by atoms with Crippen molar-refractivity contribution in [2.24, 2.45) is 0 Å². The van der Waals surface area contributed by atoms with Crippen LogP contribution in [0.15, 0.2) is 12.1 Å². The zero-order chi connectivity index (χ0) is 10.1. The number of methoxy groups -OCH3 is 1. The minimum atomic E-state index is 0.559. The van der Waals surface area contributed by atoms with Gasteiger partial charge in [0, 0.05) is 12.0 Å². The van der Waals surface area contributed by atoms with E-state index in [0.717, 1.165) is 5.88 Å². The minimum absolute atomic E-state index is 0.559. The summed E-state index contributed by atoms with van der Waals surface area (Å²) in [6.45, 7) is 4.44. The Morgan fingerprint density at radius 1 is 1.36 bits per heavy atom. The topological polar surface area (TPSA) is 22.1 Å². The largest absolute Gasteiger partial charge is 0.481 e. The van der Waals surface area contributed by atoms with Crippen LogP contribution < -0.4 is 4.74 Å². The lowest BCUT2D eigenvalue weighted by Crippen LogP contribution is -2.00. The van der Waals surface area contributed by atoms with E-state index in [4.69, 9.17) is 4.74 Å². The number of hydrogen-bond donors (Lipinski definition) is 0. The van der Waals surface area contributed by atoms with E-state index in [1.807, 2.05) is 6.07 Å².